The molecule has 8 atom stereocenters. The van der Waals surface area contributed by atoms with E-state index in [1.165, 1.54) is 26.2 Å². The Kier molecular flexibility index (Phi) is 13.2. The van der Waals surface area contributed by atoms with Gasteiger partial charge in [-0.25, -0.2) is 4.39 Å². The first-order chi connectivity index (χ1) is 17.9. The Morgan fingerprint density at radius 1 is 1.21 bits per heavy atom. The summed E-state index contributed by atoms with van der Waals surface area (Å²) in [6, 6.07) is 0. The molecule has 0 radical (unpaired) electrons. The average molecular weight is 551 g/mol. The van der Waals surface area contributed by atoms with Gasteiger partial charge in [-0.05, 0) is 63.7 Å². The number of aliphatic hydroxyl groups excluding tert-OH is 1. The lowest BCUT2D eigenvalue weighted by atomic mass is 9.77. The minimum absolute atomic E-state index is 0.0962. The predicted octanol–water partition coefficient (Wildman–Crippen LogP) is 7.08. The fourth-order valence-electron chi connectivity index (χ4n) is 5.50. The molecule has 1 N–H and O–H groups in total. The Morgan fingerprint density at radius 2 is 1.95 bits per heavy atom. The number of allylic oxidation sites excluding steroid dienone is 3. The molecule has 2 rings (SSSR count). The highest BCUT2D eigenvalue weighted by atomic mass is 19.4. The third kappa shape index (κ3) is 9.05. The maximum absolute atomic E-state index is 15.3. The highest BCUT2D eigenvalue weighted by Gasteiger charge is 2.56. The number of methoxy groups -OCH3 is 1. The molecule has 1 heterocycles. The van der Waals surface area contributed by atoms with Crippen LogP contribution in [0.4, 0.5) is 17.6 Å². The molecule has 0 amide bonds. The molecule has 1 aliphatic heterocycles. The van der Waals surface area contributed by atoms with Crippen LogP contribution in [0.15, 0.2) is 24.3 Å². The second-order valence-corrected chi connectivity index (χ2v) is 11.0. The summed E-state index contributed by atoms with van der Waals surface area (Å²) in [5, 5.41) is 10.6. The van der Waals surface area contributed by atoms with Crippen LogP contribution in [0, 0.1) is 23.2 Å². The van der Waals surface area contributed by atoms with Crippen molar-refractivity contribution in [3.8, 4) is 0 Å². The Balaban J connectivity index is 2.24. The van der Waals surface area contributed by atoms with Crippen LogP contribution in [0.5, 0.6) is 0 Å². The lowest BCUT2D eigenvalue weighted by Crippen LogP contribution is -2.47. The van der Waals surface area contributed by atoms with Gasteiger partial charge in [0.05, 0.1) is 24.7 Å². The van der Waals surface area contributed by atoms with Gasteiger partial charge >= 0.3 is 12.1 Å². The molecule has 2 aliphatic rings. The van der Waals surface area contributed by atoms with E-state index in [-0.39, 0.29) is 24.7 Å². The van der Waals surface area contributed by atoms with Gasteiger partial charge in [0, 0.05) is 18.9 Å². The number of hydrogen-bond acceptors (Lipinski definition) is 5. The molecule has 0 aromatic carbocycles. The van der Waals surface area contributed by atoms with Crippen molar-refractivity contribution in [1.29, 1.82) is 0 Å². The van der Waals surface area contributed by atoms with Crippen LogP contribution in [0.25, 0.3) is 0 Å². The van der Waals surface area contributed by atoms with Crippen molar-refractivity contribution >= 4 is 5.97 Å². The zero-order chi connectivity index (χ0) is 28.3. The molecule has 2 fully saturated rings. The Bertz CT molecular complexity index is 765. The molecule has 1 saturated carbocycles. The van der Waals surface area contributed by atoms with E-state index in [9.17, 15) is 23.1 Å². The number of hydrogen-bond donors (Lipinski definition) is 1. The summed E-state index contributed by atoms with van der Waals surface area (Å²) in [5.41, 5.74) is -2.13. The molecule has 9 heteroatoms. The molecule has 0 aromatic rings. The minimum atomic E-state index is -4.51. The van der Waals surface area contributed by atoms with Crippen molar-refractivity contribution in [3.05, 3.63) is 24.3 Å². The predicted molar refractivity (Wildman–Crippen MR) is 138 cm³/mol. The molecule has 5 nitrogen and oxygen atoms in total. The quantitative estimate of drug-likeness (QED) is 0.108. The number of alkyl halides is 4. The van der Waals surface area contributed by atoms with Crippen molar-refractivity contribution in [2.45, 2.75) is 116 Å². The van der Waals surface area contributed by atoms with Gasteiger partial charge in [0.15, 0.2) is 6.29 Å². The molecule has 1 aliphatic carbocycles. The molecule has 0 aromatic heterocycles. The van der Waals surface area contributed by atoms with E-state index in [2.05, 4.69) is 4.74 Å². The van der Waals surface area contributed by atoms with Gasteiger partial charge in [-0.3, -0.25) is 4.79 Å². The summed E-state index contributed by atoms with van der Waals surface area (Å²) in [6.07, 6.45) is 1.88. The topological polar surface area (TPSA) is 65.0 Å². The lowest BCUT2D eigenvalue weighted by molar-refractivity contribution is -0.279. The van der Waals surface area contributed by atoms with Crippen LogP contribution in [-0.2, 0) is 19.0 Å². The normalized spacial score (nSPS) is 30.0. The van der Waals surface area contributed by atoms with Crippen molar-refractivity contribution in [2.75, 3.05) is 13.7 Å². The first-order valence-corrected chi connectivity index (χ1v) is 14.0. The van der Waals surface area contributed by atoms with Crippen molar-refractivity contribution in [1.82, 2.24) is 0 Å². The van der Waals surface area contributed by atoms with Crippen LogP contribution in [0.2, 0.25) is 0 Å². The smallest absolute Gasteiger partial charge is 0.397 e. The third-order valence-corrected chi connectivity index (χ3v) is 8.10. The van der Waals surface area contributed by atoms with Gasteiger partial charge < -0.3 is 19.3 Å². The van der Waals surface area contributed by atoms with Crippen molar-refractivity contribution in [2.24, 2.45) is 23.2 Å². The second-order valence-electron chi connectivity index (χ2n) is 11.0. The van der Waals surface area contributed by atoms with Gasteiger partial charge in [0.1, 0.15) is 6.17 Å². The first-order valence-electron chi connectivity index (χ1n) is 14.0. The Labute approximate surface area is 225 Å². The number of esters is 1. The van der Waals surface area contributed by atoms with E-state index in [1.807, 2.05) is 13.8 Å². The fraction of sp³-hybridized carbons (Fsp3) is 0.828. The van der Waals surface area contributed by atoms with Crippen LogP contribution in [0.1, 0.15) is 85.0 Å². The highest BCUT2D eigenvalue weighted by molar-refractivity contribution is 5.69. The number of ether oxygens (including phenoxy) is 3. The van der Waals surface area contributed by atoms with E-state index >= 15 is 4.39 Å². The molecular formula is C29H46F4O5. The van der Waals surface area contributed by atoms with Crippen LogP contribution in [-0.4, -0.2) is 55.6 Å². The zero-order valence-electron chi connectivity index (χ0n) is 23.2. The number of carbonyl (C=O) groups is 1. The number of carbonyl (C=O) groups excluding carboxylic acids is 1. The summed E-state index contributed by atoms with van der Waals surface area (Å²) >= 11 is 0. The molecule has 3 unspecified atom stereocenters. The highest BCUT2D eigenvalue weighted by Crippen LogP contribution is 2.48. The van der Waals surface area contributed by atoms with E-state index in [0.29, 0.717) is 45.1 Å². The molecule has 0 bridgehead atoms. The van der Waals surface area contributed by atoms with E-state index in [1.54, 1.807) is 12.2 Å². The van der Waals surface area contributed by atoms with Crippen LogP contribution >= 0.6 is 0 Å². The van der Waals surface area contributed by atoms with Gasteiger partial charge in [-0.2, -0.15) is 13.2 Å². The molecule has 0 spiro atoms. The summed E-state index contributed by atoms with van der Waals surface area (Å²) < 4.78 is 74.9. The summed E-state index contributed by atoms with van der Waals surface area (Å²) in [7, 11) is 1.31. The Hall–Kier alpha value is -1.45. The van der Waals surface area contributed by atoms with Gasteiger partial charge in [-0.15, -0.1) is 0 Å². The maximum Gasteiger partial charge on any atom is 0.397 e. The van der Waals surface area contributed by atoms with Crippen LogP contribution in [0.3, 0.4) is 0 Å². The molecule has 220 valence electrons. The minimum Gasteiger partial charge on any atom is -0.469 e. The monoisotopic (exact) mass is 550 g/mol. The van der Waals surface area contributed by atoms with E-state index in [4.69, 9.17) is 9.47 Å². The Morgan fingerprint density at radius 3 is 2.55 bits per heavy atom. The van der Waals surface area contributed by atoms with E-state index < -0.39 is 48.1 Å². The van der Waals surface area contributed by atoms with Crippen LogP contribution < -0.4 is 0 Å². The summed E-state index contributed by atoms with van der Waals surface area (Å²) in [5.74, 6) is -1.68. The lowest BCUT2D eigenvalue weighted by Gasteiger charge is -2.40. The SMILES string of the molecule is CCCCC(C)([C@@H](C=C[C@@H]1[C@@H](C(F)C=CCCCC(=O)OC)[C@@H](O)C[C@H]1C)OC1CCCCO1)C(F)(F)F. The van der Waals surface area contributed by atoms with E-state index in [0.717, 1.165) is 12.8 Å². The second kappa shape index (κ2) is 15.4. The number of rotatable bonds is 14. The molecule has 1 saturated heterocycles. The number of aliphatic hydroxyl groups is 1. The summed E-state index contributed by atoms with van der Waals surface area (Å²) in [4.78, 5) is 11.2. The first kappa shape index (κ1) is 32.8. The van der Waals surface area contributed by atoms with Crippen molar-refractivity contribution in [3.63, 3.8) is 0 Å². The van der Waals surface area contributed by atoms with Gasteiger partial charge in [-0.1, -0.05) is 51.0 Å². The largest absolute Gasteiger partial charge is 0.469 e. The zero-order valence-corrected chi connectivity index (χ0v) is 23.2. The fourth-order valence-corrected chi connectivity index (χ4v) is 5.50. The summed E-state index contributed by atoms with van der Waals surface area (Å²) in [6.45, 7) is 5.37. The maximum atomic E-state index is 15.3. The number of halogens is 4. The third-order valence-electron chi connectivity index (χ3n) is 8.10. The molecular weight excluding hydrogens is 504 g/mol. The average Bonchev–Trinajstić information content (AvgIpc) is 3.16. The standard InChI is InChI=1S/C29H46F4O5/c1-5-6-17-28(3,29(31,32)33)24(38-26-14-10-11-18-37-26)16-15-21-20(2)19-23(34)27(21)22(30)12-8-7-9-13-25(35)36-4/h8,12,15-16,20-24,26-27,34H,5-7,9-11,13-14,17-19H2,1-4H3/t20-,21+,22?,23+,24-,26?,27+,28?/m1/s1. The van der Waals surface area contributed by atoms with Crippen molar-refractivity contribution < 1.29 is 41.7 Å². The molecule has 38 heavy (non-hydrogen) atoms. The van der Waals surface area contributed by atoms with Gasteiger partial charge in [0.2, 0.25) is 0 Å². The number of unbranched alkanes of at least 4 members (excludes halogenated alkanes) is 2. The van der Waals surface area contributed by atoms with Gasteiger partial charge in [0.25, 0.3) is 0 Å².